The number of ether oxygens (including phenoxy) is 2. The van der Waals surface area contributed by atoms with E-state index in [1.807, 2.05) is 85.1 Å². The van der Waals surface area contributed by atoms with Gasteiger partial charge in [-0.2, -0.15) is 0 Å². The second-order valence-electron chi connectivity index (χ2n) is 8.07. The molecule has 5 aromatic rings. The molecule has 0 fully saturated rings. The molecule has 6 nitrogen and oxygen atoms in total. The van der Waals surface area contributed by atoms with Crippen LogP contribution in [-0.4, -0.2) is 28.8 Å². The Morgan fingerprint density at radius 1 is 0.886 bits per heavy atom. The van der Waals surface area contributed by atoms with Crippen molar-refractivity contribution in [3.05, 3.63) is 107 Å². The molecule has 2 aromatic heterocycles. The van der Waals surface area contributed by atoms with Crippen LogP contribution in [0.2, 0.25) is 0 Å². The summed E-state index contributed by atoms with van der Waals surface area (Å²) >= 11 is 1.54. The highest BCUT2D eigenvalue weighted by Crippen LogP contribution is 2.29. The number of H-pyrrole nitrogens is 1. The van der Waals surface area contributed by atoms with E-state index in [9.17, 15) is 4.79 Å². The van der Waals surface area contributed by atoms with E-state index in [1.54, 1.807) is 30.5 Å². The summed E-state index contributed by atoms with van der Waals surface area (Å²) < 4.78 is 12.4. The number of aromatic amines is 1. The molecule has 176 valence electrons. The van der Waals surface area contributed by atoms with Gasteiger partial charge in [0.15, 0.2) is 5.16 Å². The maximum atomic E-state index is 13.7. The average Bonchev–Trinajstić information content (AvgIpc) is 3.34. The predicted octanol–water partition coefficient (Wildman–Crippen LogP) is 5.75. The SMILES string of the molecule is COc1ccc(Cn2c(SCc3cccc(OC)c3)nc3c(-c4ccccc4)c[nH]c3c2=O)cc1. The van der Waals surface area contributed by atoms with Crippen molar-refractivity contribution in [2.45, 2.75) is 17.5 Å². The molecular formula is C28H25N3O3S. The number of rotatable bonds is 8. The minimum Gasteiger partial charge on any atom is -0.497 e. The molecule has 0 saturated heterocycles. The molecule has 0 atom stereocenters. The molecule has 0 amide bonds. The van der Waals surface area contributed by atoms with Crippen molar-refractivity contribution in [1.82, 2.24) is 14.5 Å². The fourth-order valence-electron chi connectivity index (χ4n) is 3.98. The Kier molecular flexibility index (Phi) is 6.59. The van der Waals surface area contributed by atoms with Crippen molar-refractivity contribution in [3.63, 3.8) is 0 Å². The highest BCUT2D eigenvalue weighted by atomic mass is 32.2. The van der Waals surface area contributed by atoms with Crippen LogP contribution in [0.25, 0.3) is 22.2 Å². The lowest BCUT2D eigenvalue weighted by molar-refractivity contribution is 0.414. The Hall–Kier alpha value is -3.97. The van der Waals surface area contributed by atoms with Crippen molar-refractivity contribution in [3.8, 4) is 22.6 Å². The van der Waals surface area contributed by atoms with E-state index >= 15 is 0 Å². The van der Waals surface area contributed by atoms with E-state index in [0.717, 1.165) is 33.8 Å². The smallest absolute Gasteiger partial charge is 0.278 e. The molecule has 7 heteroatoms. The van der Waals surface area contributed by atoms with Crippen molar-refractivity contribution < 1.29 is 9.47 Å². The van der Waals surface area contributed by atoms with Gasteiger partial charge in [-0.05, 0) is 41.0 Å². The summed E-state index contributed by atoms with van der Waals surface area (Å²) in [6, 6.07) is 25.7. The molecule has 1 N–H and O–H groups in total. The quantitative estimate of drug-likeness (QED) is 0.225. The molecule has 0 bridgehead atoms. The van der Waals surface area contributed by atoms with Crippen LogP contribution in [0, 0.1) is 0 Å². The standard InChI is InChI=1S/C28H25N3O3S/c1-33-22-13-11-19(12-14-22)17-31-27(32)26-25(24(16-29-26)21-8-4-3-5-9-21)30-28(31)35-18-20-7-6-10-23(15-20)34-2/h3-16,29H,17-18H2,1-2H3. The fraction of sp³-hybridized carbons (Fsp3) is 0.143. The normalized spacial score (nSPS) is 11.0. The zero-order valence-electron chi connectivity index (χ0n) is 19.5. The van der Waals surface area contributed by atoms with Gasteiger partial charge in [0.2, 0.25) is 0 Å². The summed E-state index contributed by atoms with van der Waals surface area (Å²) in [6.45, 7) is 0.409. The highest BCUT2D eigenvalue weighted by molar-refractivity contribution is 7.98. The van der Waals surface area contributed by atoms with Gasteiger partial charge in [-0.3, -0.25) is 9.36 Å². The van der Waals surface area contributed by atoms with Crippen LogP contribution in [-0.2, 0) is 12.3 Å². The van der Waals surface area contributed by atoms with Crippen molar-refractivity contribution >= 4 is 22.8 Å². The summed E-state index contributed by atoms with van der Waals surface area (Å²) in [7, 11) is 3.30. The third-order valence-corrected chi connectivity index (χ3v) is 6.88. The monoisotopic (exact) mass is 483 g/mol. The molecule has 3 aromatic carbocycles. The number of fused-ring (bicyclic) bond motifs is 1. The first kappa shape index (κ1) is 22.8. The second-order valence-corrected chi connectivity index (χ2v) is 9.01. The number of aromatic nitrogens is 3. The Bertz CT molecular complexity index is 1510. The molecule has 0 aliphatic carbocycles. The molecule has 5 rings (SSSR count). The van der Waals surface area contributed by atoms with Crippen molar-refractivity contribution in [2.75, 3.05) is 14.2 Å². The molecule has 0 unspecified atom stereocenters. The second kappa shape index (κ2) is 10.1. The zero-order chi connectivity index (χ0) is 24.2. The van der Waals surface area contributed by atoms with Gasteiger partial charge in [-0.15, -0.1) is 0 Å². The van der Waals surface area contributed by atoms with E-state index in [4.69, 9.17) is 14.5 Å². The van der Waals surface area contributed by atoms with Crippen LogP contribution in [0.4, 0.5) is 0 Å². The van der Waals surface area contributed by atoms with Gasteiger partial charge in [0.25, 0.3) is 5.56 Å². The number of nitrogens with one attached hydrogen (secondary N) is 1. The van der Waals surface area contributed by atoms with Gasteiger partial charge < -0.3 is 14.5 Å². The van der Waals surface area contributed by atoms with Gasteiger partial charge in [-0.25, -0.2) is 4.98 Å². The van der Waals surface area contributed by atoms with E-state index in [-0.39, 0.29) is 5.56 Å². The number of benzene rings is 3. The maximum Gasteiger partial charge on any atom is 0.278 e. The minimum atomic E-state index is -0.0962. The largest absolute Gasteiger partial charge is 0.497 e. The highest BCUT2D eigenvalue weighted by Gasteiger charge is 2.17. The average molecular weight is 484 g/mol. The summed E-state index contributed by atoms with van der Waals surface area (Å²) in [6.07, 6.45) is 1.86. The molecule has 0 saturated carbocycles. The molecule has 35 heavy (non-hydrogen) atoms. The van der Waals surface area contributed by atoms with Gasteiger partial charge in [-0.1, -0.05) is 66.4 Å². The summed E-state index contributed by atoms with van der Waals surface area (Å²) in [4.78, 5) is 21.8. The third-order valence-electron chi connectivity index (χ3n) is 5.84. The van der Waals surface area contributed by atoms with Crippen LogP contribution in [0.1, 0.15) is 11.1 Å². The number of hydrogen-bond acceptors (Lipinski definition) is 5. The van der Waals surface area contributed by atoms with Crippen LogP contribution >= 0.6 is 11.8 Å². The number of thioether (sulfide) groups is 1. The van der Waals surface area contributed by atoms with Gasteiger partial charge in [0.05, 0.1) is 20.8 Å². The van der Waals surface area contributed by atoms with Gasteiger partial charge >= 0.3 is 0 Å². The van der Waals surface area contributed by atoms with Gasteiger partial charge in [0.1, 0.15) is 22.5 Å². The number of nitrogens with zero attached hydrogens (tertiary/aromatic N) is 2. The Labute approximate surface area is 207 Å². The minimum absolute atomic E-state index is 0.0962. The Morgan fingerprint density at radius 2 is 1.66 bits per heavy atom. The Balaban J connectivity index is 1.58. The zero-order valence-corrected chi connectivity index (χ0v) is 20.3. The Morgan fingerprint density at radius 3 is 2.40 bits per heavy atom. The summed E-state index contributed by atoms with van der Waals surface area (Å²) in [5.41, 5.74) is 5.11. The number of hydrogen-bond donors (Lipinski definition) is 1. The van der Waals surface area contributed by atoms with E-state index in [1.165, 1.54) is 0 Å². The molecule has 0 aliphatic rings. The number of methoxy groups -OCH3 is 2. The lowest BCUT2D eigenvalue weighted by atomic mass is 10.1. The first-order chi connectivity index (χ1) is 17.2. The lowest BCUT2D eigenvalue weighted by Gasteiger charge is -2.13. The van der Waals surface area contributed by atoms with Crippen LogP contribution in [0.3, 0.4) is 0 Å². The topological polar surface area (TPSA) is 69.1 Å². The molecule has 0 aliphatic heterocycles. The summed E-state index contributed by atoms with van der Waals surface area (Å²) in [5.74, 6) is 2.24. The third kappa shape index (κ3) is 4.81. The van der Waals surface area contributed by atoms with Crippen molar-refractivity contribution in [1.29, 1.82) is 0 Å². The first-order valence-corrected chi connectivity index (χ1v) is 12.2. The van der Waals surface area contributed by atoms with Crippen LogP contribution in [0.15, 0.2) is 95.0 Å². The van der Waals surface area contributed by atoms with Crippen molar-refractivity contribution in [2.24, 2.45) is 0 Å². The van der Waals surface area contributed by atoms with Crippen LogP contribution in [0.5, 0.6) is 11.5 Å². The molecule has 2 heterocycles. The summed E-state index contributed by atoms with van der Waals surface area (Å²) in [5, 5.41) is 0.665. The van der Waals surface area contributed by atoms with Gasteiger partial charge in [0, 0.05) is 17.5 Å². The maximum absolute atomic E-state index is 13.7. The lowest BCUT2D eigenvalue weighted by Crippen LogP contribution is -2.24. The van der Waals surface area contributed by atoms with Crippen LogP contribution < -0.4 is 15.0 Å². The fourth-order valence-corrected chi connectivity index (χ4v) is 4.92. The molecular weight excluding hydrogens is 458 g/mol. The van der Waals surface area contributed by atoms with E-state index in [0.29, 0.717) is 28.5 Å². The molecule has 0 spiro atoms. The van der Waals surface area contributed by atoms with E-state index < -0.39 is 0 Å². The van der Waals surface area contributed by atoms with E-state index in [2.05, 4.69) is 4.98 Å². The predicted molar refractivity (Wildman–Crippen MR) is 140 cm³/mol. The first-order valence-electron chi connectivity index (χ1n) is 11.2. The molecule has 0 radical (unpaired) electrons.